The summed E-state index contributed by atoms with van der Waals surface area (Å²) in [7, 11) is 0. The highest BCUT2D eigenvalue weighted by molar-refractivity contribution is 4.97. The van der Waals surface area contributed by atoms with Crippen LogP contribution in [0.25, 0.3) is 0 Å². The summed E-state index contributed by atoms with van der Waals surface area (Å²) in [4.78, 5) is 0. The first-order valence-corrected chi connectivity index (χ1v) is 5.78. The lowest BCUT2D eigenvalue weighted by Crippen LogP contribution is -2.11. The molecule has 0 saturated heterocycles. The molecule has 0 fully saturated rings. The first kappa shape index (κ1) is 12.7. The Bertz CT molecular complexity index is 135. The van der Waals surface area contributed by atoms with Crippen LogP contribution in [0.3, 0.4) is 0 Å². The van der Waals surface area contributed by atoms with Crippen LogP contribution in [-0.2, 0) is 0 Å². The van der Waals surface area contributed by atoms with Crippen LogP contribution in [0.2, 0.25) is 0 Å². The molecule has 0 nitrogen and oxygen atoms in total. The summed E-state index contributed by atoms with van der Waals surface area (Å²) in [5.41, 5.74) is 1.38. The molecule has 0 aliphatic heterocycles. The molecule has 2 unspecified atom stereocenters. The largest absolute Gasteiger partial charge is 0.0999 e. The molecule has 13 heavy (non-hydrogen) atoms. The lowest BCUT2D eigenvalue weighted by molar-refractivity contribution is 0.364. The van der Waals surface area contributed by atoms with Crippen molar-refractivity contribution in [3.05, 3.63) is 12.2 Å². The summed E-state index contributed by atoms with van der Waals surface area (Å²) in [5.74, 6) is 1.57. The zero-order valence-electron chi connectivity index (χ0n) is 9.90. The van der Waals surface area contributed by atoms with Gasteiger partial charge in [-0.3, -0.25) is 0 Å². The summed E-state index contributed by atoms with van der Waals surface area (Å²) in [5, 5.41) is 0. The van der Waals surface area contributed by atoms with Crippen LogP contribution >= 0.6 is 0 Å². The molecule has 0 spiro atoms. The van der Waals surface area contributed by atoms with Crippen LogP contribution in [0, 0.1) is 11.8 Å². The SMILES string of the molecule is C=C(C)C(CCCCC)C(C)CC. The second-order valence-corrected chi connectivity index (χ2v) is 4.33. The van der Waals surface area contributed by atoms with Crippen molar-refractivity contribution in [2.24, 2.45) is 11.8 Å². The fraction of sp³-hybridized carbons (Fsp3) is 0.846. The van der Waals surface area contributed by atoms with E-state index in [1.807, 2.05) is 0 Å². The van der Waals surface area contributed by atoms with Gasteiger partial charge >= 0.3 is 0 Å². The van der Waals surface area contributed by atoms with Gasteiger partial charge in [0.2, 0.25) is 0 Å². The smallest absolute Gasteiger partial charge is 0.0183 e. The van der Waals surface area contributed by atoms with E-state index in [9.17, 15) is 0 Å². The maximum Gasteiger partial charge on any atom is -0.0183 e. The molecule has 0 amide bonds. The molecule has 0 N–H and O–H groups in total. The zero-order chi connectivity index (χ0) is 10.3. The van der Waals surface area contributed by atoms with E-state index in [1.165, 1.54) is 37.7 Å². The lowest BCUT2D eigenvalue weighted by Gasteiger charge is -2.23. The molecule has 78 valence electrons. The first-order chi connectivity index (χ1) is 6.13. The fourth-order valence-corrected chi connectivity index (χ4v) is 1.92. The van der Waals surface area contributed by atoms with Crippen molar-refractivity contribution < 1.29 is 0 Å². The van der Waals surface area contributed by atoms with Crippen molar-refractivity contribution >= 4 is 0 Å². The summed E-state index contributed by atoms with van der Waals surface area (Å²) in [6, 6.07) is 0. The lowest BCUT2D eigenvalue weighted by atomic mass is 9.83. The summed E-state index contributed by atoms with van der Waals surface area (Å²) >= 11 is 0. The third-order valence-electron chi connectivity index (χ3n) is 3.08. The van der Waals surface area contributed by atoms with Crippen molar-refractivity contribution in [3.63, 3.8) is 0 Å². The Morgan fingerprint density at radius 3 is 2.23 bits per heavy atom. The van der Waals surface area contributed by atoms with Gasteiger partial charge in [-0.2, -0.15) is 0 Å². The van der Waals surface area contributed by atoms with E-state index in [1.54, 1.807) is 0 Å². The molecule has 0 aromatic carbocycles. The predicted octanol–water partition coefficient (Wildman–Crippen LogP) is 4.81. The maximum atomic E-state index is 4.10. The minimum Gasteiger partial charge on any atom is -0.0999 e. The minimum atomic E-state index is 0.761. The average Bonchev–Trinajstić information content (AvgIpc) is 2.11. The van der Waals surface area contributed by atoms with Crippen LogP contribution in [-0.4, -0.2) is 0 Å². The average molecular weight is 182 g/mol. The van der Waals surface area contributed by atoms with Gasteiger partial charge in [0, 0.05) is 0 Å². The summed E-state index contributed by atoms with van der Waals surface area (Å²) in [6.07, 6.45) is 6.70. The molecule has 2 atom stereocenters. The van der Waals surface area contributed by atoms with Crippen LogP contribution in [0.1, 0.15) is 59.8 Å². The molecule has 0 bridgehead atoms. The zero-order valence-corrected chi connectivity index (χ0v) is 9.90. The van der Waals surface area contributed by atoms with E-state index in [4.69, 9.17) is 0 Å². The van der Waals surface area contributed by atoms with Crippen molar-refractivity contribution in [1.82, 2.24) is 0 Å². The van der Waals surface area contributed by atoms with E-state index < -0.39 is 0 Å². The van der Waals surface area contributed by atoms with Crippen LogP contribution in [0.5, 0.6) is 0 Å². The van der Waals surface area contributed by atoms with E-state index in [-0.39, 0.29) is 0 Å². The molecule has 0 aromatic rings. The van der Waals surface area contributed by atoms with Crippen molar-refractivity contribution in [2.45, 2.75) is 59.8 Å². The summed E-state index contributed by atoms with van der Waals surface area (Å²) in [6.45, 7) is 13.2. The predicted molar refractivity (Wildman–Crippen MR) is 61.9 cm³/mol. The molecular formula is C13H26. The van der Waals surface area contributed by atoms with Crippen LogP contribution in [0.4, 0.5) is 0 Å². The normalized spacial score (nSPS) is 15.4. The highest BCUT2D eigenvalue weighted by Gasteiger charge is 2.15. The molecule has 0 heteroatoms. The Kier molecular flexibility index (Phi) is 7.03. The second kappa shape index (κ2) is 7.17. The van der Waals surface area contributed by atoms with Gasteiger partial charge < -0.3 is 0 Å². The number of allylic oxidation sites excluding steroid dienone is 1. The highest BCUT2D eigenvalue weighted by Crippen LogP contribution is 2.27. The van der Waals surface area contributed by atoms with Gasteiger partial charge in [-0.15, -0.1) is 0 Å². The Labute approximate surface area is 84.4 Å². The van der Waals surface area contributed by atoms with E-state index in [0.29, 0.717) is 0 Å². The highest BCUT2D eigenvalue weighted by atomic mass is 14.2. The minimum absolute atomic E-state index is 0.761. The Morgan fingerprint density at radius 2 is 1.85 bits per heavy atom. The fourth-order valence-electron chi connectivity index (χ4n) is 1.92. The van der Waals surface area contributed by atoms with Crippen molar-refractivity contribution in [2.75, 3.05) is 0 Å². The number of hydrogen-bond acceptors (Lipinski definition) is 0. The standard InChI is InChI=1S/C13H26/c1-6-8-9-10-13(11(3)4)12(5)7-2/h12-13H,3,6-10H2,1-2,4-5H3. The third-order valence-corrected chi connectivity index (χ3v) is 3.08. The number of hydrogen-bond donors (Lipinski definition) is 0. The summed E-state index contributed by atoms with van der Waals surface area (Å²) < 4.78 is 0. The van der Waals surface area contributed by atoms with Gasteiger partial charge in [0.25, 0.3) is 0 Å². The third kappa shape index (κ3) is 5.13. The first-order valence-electron chi connectivity index (χ1n) is 5.78. The molecule has 0 radical (unpaired) electrons. The topological polar surface area (TPSA) is 0 Å². The van der Waals surface area contributed by atoms with Crippen molar-refractivity contribution in [3.8, 4) is 0 Å². The van der Waals surface area contributed by atoms with Gasteiger partial charge in [-0.05, 0) is 25.2 Å². The molecule has 0 rings (SSSR count). The monoisotopic (exact) mass is 182 g/mol. The molecule has 0 aliphatic rings. The van der Waals surface area contributed by atoms with Crippen molar-refractivity contribution in [1.29, 1.82) is 0 Å². The second-order valence-electron chi connectivity index (χ2n) is 4.33. The van der Waals surface area contributed by atoms with Gasteiger partial charge in [0.15, 0.2) is 0 Å². The van der Waals surface area contributed by atoms with Gasteiger partial charge in [0.05, 0.1) is 0 Å². The number of unbranched alkanes of at least 4 members (excludes halogenated alkanes) is 2. The van der Waals surface area contributed by atoms with Crippen LogP contribution < -0.4 is 0 Å². The number of rotatable bonds is 7. The van der Waals surface area contributed by atoms with Gasteiger partial charge in [-0.1, -0.05) is 58.6 Å². The molecule has 0 heterocycles. The molecule has 0 aliphatic carbocycles. The molecule has 0 saturated carbocycles. The molecular weight excluding hydrogens is 156 g/mol. The Hall–Kier alpha value is -0.260. The molecule has 0 aromatic heterocycles. The van der Waals surface area contributed by atoms with E-state index >= 15 is 0 Å². The van der Waals surface area contributed by atoms with Gasteiger partial charge in [-0.25, -0.2) is 0 Å². The quantitative estimate of drug-likeness (QED) is 0.392. The van der Waals surface area contributed by atoms with Gasteiger partial charge in [0.1, 0.15) is 0 Å². The van der Waals surface area contributed by atoms with E-state index in [0.717, 1.165) is 11.8 Å². The Morgan fingerprint density at radius 1 is 1.23 bits per heavy atom. The Balaban J connectivity index is 3.88. The van der Waals surface area contributed by atoms with E-state index in [2.05, 4.69) is 34.3 Å². The maximum absolute atomic E-state index is 4.10. The van der Waals surface area contributed by atoms with Crippen LogP contribution in [0.15, 0.2) is 12.2 Å².